The molecule has 8 heteroatoms. The summed E-state index contributed by atoms with van der Waals surface area (Å²) in [5.74, 6) is -0.692. The van der Waals surface area contributed by atoms with Gasteiger partial charge in [-0.2, -0.15) is 0 Å². The molecule has 2 aromatic rings. The topological polar surface area (TPSA) is 51.2 Å². The molecule has 0 bridgehead atoms. The van der Waals surface area contributed by atoms with Crippen LogP contribution in [0.3, 0.4) is 0 Å². The molecule has 1 aliphatic rings. The van der Waals surface area contributed by atoms with Gasteiger partial charge in [-0.15, -0.1) is 0 Å². The monoisotopic (exact) mass is 406 g/mol. The highest BCUT2D eigenvalue weighted by Gasteiger charge is 2.27. The second kappa shape index (κ2) is 9.09. The van der Waals surface area contributed by atoms with Gasteiger partial charge in [-0.3, -0.25) is 9.69 Å². The fourth-order valence-corrected chi connectivity index (χ4v) is 3.46. The van der Waals surface area contributed by atoms with Crippen LogP contribution in [0.2, 0.25) is 0 Å². The zero-order chi connectivity index (χ0) is 21.0. The normalized spacial score (nSPS) is 14.6. The van der Waals surface area contributed by atoms with Crippen molar-refractivity contribution in [3.8, 4) is 17.2 Å². The van der Waals surface area contributed by atoms with E-state index in [9.17, 15) is 13.6 Å². The van der Waals surface area contributed by atoms with E-state index in [2.05, 4.69) is 0 Å². The highest BCUT2D eigenvalue weighted by molar-refractivity contribution is 5.98. The number of halogens is 2. The lowest BCUT2D eigenvalue weighted by molar-refractivity contribution is 0.0623. The smallest absolute Gasteiger partial charge is 0.257 e. The predicted molar refractivity (Wildman–Crippen MR) is 104 cm³/mol. The van der Waals surface area contributed by atoms with Crippen molar-refractivity contribution in [1.82, 2.24) is 9.80 Å². The molecule has 3 rings (SSSR count). The molecule has 0 atom stereocenters. The van der Waals surface area contributed by atoms with Crippen LogP contribution in [-0.4, -0.2) is 63.2 Å². The van der Waals surface area contributed by atoms with Crippen molar-refractivity contribution in [3.63, 3.8) is 0 Å². The van der Waals surface area contributed by atoms with Gasteiger partial charge in [-0.1, -0.05) is 12.1 Å². The molecule has 1 aliphatic heterocycles. The maximum Gasteiger partial charge on any atom is 0.257 e. The van der Waals surface area contributed by atoms with Crippen LogP contribution in [0.5, 0.6) is 17.2 Å². The minimum atomic E-state index is -0.850. The molecule has 0 spiro atoms. The molecule has 0 N–H and O–H groups in total. The Morgan fingerprint density at radius 3 is 2.24 bits per heavy atom. The van der Waals surface area contributed by atoms with Gasteiger partial charge in [0.15, 0.2) is 23.1 Å². The van der Waals surface area contributed by atoms with E-state index in [0.29, 0.717) is 61.1 Å². The number of carbonyl (C=O) groups is 1. The molecule has 1 saturated heterocycles. The third kappa shape index (κ3) is 4.27. The number of hydrogen-bond donors (Lipinski definition) is 0. The maximum atomic E-state index is 13.9. The molecule has 0 aromatic heterocycles. The lowest BCUT2D eigenvalue weighted by Crippen LogP contribution is -2.48. The maximum absolute atomic E-state index is 13.9. The Morgan fingerprint density at radius 1 is 0.931 bits per heavy atom. The Hall–Kier alpha value is -2.87. The minimum Gasteiger partial charge on any atom is -0.493 e. The number of methoxy groups -OCH3 is 3. The van der Waals surface area contributed by atoms with E-state index >= 15 is 0 Å². The summed E-state index contributed by atoms with van der Waals surface area (Å²) in [5.41, 5.74) is 0.695. The average Bonchev–Trinajstić information content (AvgIpc) is 2.75. The Balaban J connectivity index is 1.70. The molecule has 1 amide bonds. The third-order valence-corrected chi connectivity index (χ3v) is 5.02. The highest BCUT2D eigenvalue weighted by atomic mass is 19.2. The first-order valence-electron chi connectivity index (χ1n) is 9.23. The molecule has 156 valence electrons. The van der Waals surface area contributed by atoms with E-state index in [-0.39, 0.29) is 5.91 Å². The Labute approximate surface area is 168 Å². The summed E-state index contributed by atoms with van der Waals surface area (Å²) in [5, 5.41) is 0. The van der Waals surface area contributed by atoms with Crippen molar-refractivity contribution in [2.45, 2.75) is 6.54 Å². The fraction of sp³-hybridized carbons (Fsp3) is 0.381. The molecular formula is C21H24F2N2O4. The Kier molecular flexibility index (Phi) is 6.53. The number of piperazine rings is 1. The van der Waals surface area contributed by atoms with Crippen LogP contribution >= 0.6 is 0 Å². The van der Waals surface area contributed by atoms with Gasteiger partial charge in [0.1, 0.15) is 0 Å². The Morgan fingerprint density at radius 2 is 1.62 bits per heavy atom. The average molecular weight is 406 g/mol. The van der Waals surface area contributed by atoms with Crippen molar-refractivity contribution in [2.24, 2.45) is 0 Å². The van der Waals surface area contributed by atoms with Crippen molar-refractivity contribution >= 4 is 5.91 Å². The number of benzene rings is 2. The molecule has 1 fully saturated rings. The number of amides is 1. The van der Waals surface area contributed by atoms with Gasteiger partial charge in [-0.25, -0.2) is 8.78 Å². The van der Waals surface area contributed by atoms with E-state index in [1.54, 1.807) is 23.1 Å². The van der Waals surface area contributed by atoms with Crippen LogP contribution in [0.1, 0.15) is 15.9 Å². The summed E-state index contributed by atoms with van der Waals surface area (Å²) in [7, 11) is 4.47. The summed E-state index contributed by atoms with van der Waals surface area (Å²) < 4.78 is 43.3. The van der Waals surface area contributed by atoms with E-state index in [1.165, 1.54) is 27.4 Å². The fourth-order valence-electron chi connectivity index (χ4n) is 3.46. The molecule has 6 nitrogen and oxygen atoms in total. The summed E-state index contributed by atoms with van der Waals surface area (Å²) in [4.78, 5) is 16.7. The summed E-state index contributed by atoms with van der Waals surface area (Å²) in [6.45, 7) is 2.33. The van der Waals surface area contributed by atoms with Crippen LogP contribution in [0.15, 0.2) is 30.3 Å². The predicted octanol–water partition coefficient (Wildman–Crippen LogP) is 2.95. The van der Waals surface area contributed by atoms with Crippen molar-refractivity contribution in [3.05, 3.63) is 53.1 Å². The van der Waals surface area contributed by atoms with Gasteiger partial charge in [0.05, 0.1) is 26.9 Å². The molecule has 0 saturated carbocycles. The standard InChI is InChI=1S/C21H24F2N2O4/c1-27-17-8-7-15(19(28-2)20(17)29-3)21(26)25-11-9-24(10-12-25)13-14-5-4-6-16(22)18(14)23/h4-8H,9-13H2,1-3H3. The third-order valence-electron chi connectivity index (χ3n) is 5.02. The van der Waals surface area contributed by atoms with E-state index in [4.69, 9.17) is 14.2 Å². The quantitative estimate of drug-likeness (QED) is 0.738. The number of nitrogens with zero attached hydrogens (tertiary/aromatic N) is 2. The first-order valence-corrected chi connectivity index (χ1v) is 9.23. The summed E-state index contributed by atoms with van der Waals surface area (Å²) >= 11 is 0. The van der Waals surface area contributed by atoms with Crippen molar-refractivity contribution in [1.29, 1.82) is 0 Å². The van der Waals surface area contributed by atoms with Gasteiger partial charge in [0.25, 0.3) is 5.91 Å². The van der Waals surface area contributed by atoms with E-state index in [1.807, 2.05) is 4.90 Å². The first-order chi connectivity index (χ1) is 14.0. The number of ether oxygens (including phenoxy) is 3. The molecular weight excluding hydrogens is 382 g/mol. The number of hydrogen-bond acceptors (Lipinski definition) is 5. The van der Waals surface area contributed by atoms with Gasteiger partial charge in [0.2, 0.25) is 5.75 Å². The molecule has 0 radical (unpaired) electrons. The summed E-state index contributed by atoms with van der Waals surface area (Å²) in [6, 6.07) is 7.49. The van der Waals surface area contributed by atoms with Crippen LogP contribution in [0.4, 0.5) is 8.78 Å². The second-order valence-corrected chi connectivity index (χ2v) is 6.66. The number of carbonyl (C=O) groups excluding carboxylic acids is 1. The lowest BCUT2D eigenvalue weighted by Gasteiger charge is -2.35. The van der Waals surface area contributed by atoms with Gasteiger partial charge in [-0.05, 0) is 18.2 Å². The van der Waals surface area contributed by atoms with Crippen LogP contribution < -0.4 is 14.2 Å². The second-order valence-electron chi connectivity index (χ2n) is 6.66. The SMILES string of the molecule is COc1ccc(C(=O)N2CCN(Cc3cccc(F)c3F)CC2)c(OC)c1OC. The molecule has 2 aromatic carbocycles. The molecule has 0 aliphatic carbocycles. The summed E-state index contributed by atoms with van der Waals surface area (Å²) in [6.07, 6.45) is 0. The minimum absolute atomic E-state index is 0.181. The lowest BCUT2D eigenvalue weighted by atomic mass is 10.1. The van der Waals surface area contributed by atoms with E-state index < -0.39 is 11.6 Å². The molecule has 1 heterocycles. The largest absolute Gasteiger partial charge is 0.493 e. The first kappa shape index (κ1) is 20.9. The van der Waals surface area contributed by atoms with Crippen molar-refractivity contribution in [2.75, 3.05) is 47.5 Å². The van der Waals surface area contributed by atoms with Crippen molar-refractivity contribution < 1.29 is 27.8 Å². The van der Waals surface area contributed by atoms with Crippen LogP contribution in [0.25, 0.3) is 0 Å². The van der Waals surface area contributed by atoms with Crippen LogP contribution in [-0.2, 0) is 6.54 Å². The van der Waals surface area contributed by atoms with Gasteiger partial charge in [0, 0.05) is 38.3 Å². The molecule has 0 unspecified atom stereocenters. The number of rotatable bonds is 6. The molecule has 29 heavy (non-hydrogen) atoms. The van der Waals surface area contributed by atoms with Crippen LogP contribution in [0, 0.1) is 11.6 Å². The zero-order valence-corrected chi connectivity index (χ0v) is 16.7. The van der Waals surface area contributed by atoms with Gasteiger partial charge >= 0.3 is 0 Å². The van der Waals surface area contributed by atoms with Gasteiger partial charge < -0.3 is 19.1 Å². The zero-order valence-electron chi connectivity index (χ0n) is 16.7. The van der Waals surface area contributed by atoms with E-state index in [0.717, 1.165) is 6.07 Å². The highest BCUT2D eigenvalue weighted by Crippen LogP contribution is 2.40. The Bertz CT molecular complexity index is 883.